The molecule has 8 heteroatoms. The van der Waals surface area contributed by atoms with Crippen LogP contribution >= 0.6 is 23.2 Å². The number of halogens is 2. The Morgan fingerprint density at radius 1 is 1.00 bits per heavy atom. The van der Waals surface area contributed by atoms with Crippen molar-refractivity contribution >= 4 is 40.5 Å². The minimum absolute atomic E-state index is 0.389. The van der Waals surface area contributed by atoms with Crippen LogP contribution in [-0.2, 0) is 4.79 Å². The number of aliphatic hydroxyl groups excluding tert-OH is 2. The van der Waals surface area contributed by atoms with Crippen LogP contribution in [0.5, 0.6) is 5.75 Å². The number of anilines is 2. The molecule has 0 aliphatic rings. The van der Waals surface area contributed by atoms with Crippen LogP contribution in [0.25, 0.3) is 0 Å². The number of para-hydroxylation sites is 3. The lowest BCUT2D eigenvalue weighted by Crippen LogP contribution is -2.33. The third kappa shape index (κ3) is 8.03. The second-order valence-electron chi connectivity index (χ2n) is 5.33. The maximum absolute atomic E-state index is 11.0. The van der Waals surface area contributed by atoms with Crippen LogP contribution in [0.15, 0.2) is 42.5 Å². The first-order valence-corrected chi connectivity index (χ1v) is 8.57. The number of nitrogens with one attached hydrogen (secondary N) is 2. The van der Waals surface area contributed by atoms with Gasteiger partial charge in [-0.3, -0.25) is 10.1 Å². The second-order valence-corrected chi connectivity index (χ2v) is 6.14. The van der Waals surface area contributed by atoms with E-state index in [9.17, 15) is 4.79 Å². The van der Waals surface area contributed by atoms with Gasteiger partial charge in [-0.25, -0.2) is 0 Å². The average molecular weight is 401 g/mol. The van der Waals surface area contributed by atoms with Crippen molar-refractivity contribution in [3.63, 3.8) is 0 Å². The van der Waals surface area contributed by atoms with Crippen LogP contribution in [-0.4, -0.2) is 28.6 Å². The molecule has 0 aliphatic heterocycles. The maximum atomic E-state index is 11.0. The van der Waals surface area contributed by atoms with Gasteiger partial charge in [0.2, 0.25) is 0 Å². The number of hydrogen-bond acceptors (Lipinski definition) is 6. The van der Waals surface area contributed by atoms with Gasteiger partial charge in [0.15, 0.2) is 5.75 Å². The van der Waals surface area contributed by atoms with Gasteiger partial charge < -0.3 is 20.3 Å². The maximum Gasteiger partial charge on any atom is 0.308 e. The predicted octanol–water partition coefficient (Wildman–Crippen LogP) is 3.91. The summed E-state index contributed by atoms with van der Waals surface area (Å²) >= 11 is 12.2. The number of benzene rings is 2. The smallest absolute Gasteiger partial charge is 0.308 e. The Kier molecular flexibility index (Phi) is 9.40. The Morgan fingerprint density at radius 2 is 1.54 bits per heavy atom. The van der Waals surface area contributed by atoms with E-state index in [0.717, 1.165) is 0 Å². The second kappa shape index (κ2) is 11.0. The fourth-order valence-electron chi connectivity index (χ4n) is 1.91. The lowest BCUT2D eigenvalue weighted by Gasteiger charge is -2.13. The number of rotatable bonds is 5. The molecule has 0 bridgehead atoms. The Balaban J connectivity index is 0.000000412. The molecule has 0 saturated carbocycles. The van der Waals surface area contributed by atoms with E-state index in [4.69, 9.17) is 38.2 Å². The van der Waals surface area contributed by atoms with E-state index in [-0.39, 0.29) is 5.97 Å². The molecule has 0 spiro atoms. The summed E-state index contributed by atoms with van der Waals surface area (Å²) in [6.07, 6.45) is -1.25. The molecule has 0 fully saturated rings. The molecule has 6 nitrogen and oxygen atoms in total. The van der Waals surface area contributed by atoms with Crippen molar-refractivity contribution < 1.29 is 19.7 Å². The standard InChI is InChI=1S/C14H11Cl2NO2.C4H11NO2/c1-9(18)19-13-8-3-2-7-12(13)17-14-10(15)5-4-6-11(14)16;1-3(6)5-4(2)7/h2-8,17H,1H3;3-7H,1-2H3. The molecule has 26 heavy (non-hydrogen) atoms. The van der Waals surface area contributed by atoms with Crippen LogP contribution in [0, 0.1) is 0 Å². The van der Waals surface area contributed by atoms with Gasteiger partial charge >= 0.3 is 5.97 Å². The zero-order chi connectivity index (χ0) is 19.7. The van der Waals surface area contributed by atoms with Gasteiger partial charge in [0.25, 0.3) is 0 Å². The van der Waals surface area contributed by atoms with Crippen molar-refractivity contribution in [2.24, 2.45) is 0 Å². The fraction of sp³-hybridized carbons (Fsp3) is 0.278. The normalized spacial score (nSPS) is 12.4. The van der Waals surface area contributed by atoms with E-state index >= 15 is 0 Å². The topological polar surface area (TPSA) is 90.8 Å². The molecular formula is C18H22Cl2N2O4. The van der Waals surface area contributed by atoms with Gasteiger partial charge in [0.1, 0.15) is 12.5 Å². The van der Waals surface area contributed by atoms with Gasteiger partial charge in [-0.15, -0.1) is 0 Å². The highest BCUT2D eigenvalue weighted by Gasteiger charge is 2.10. The minimum Gasteiger partial charge on any atom is -0.424 e. The lowest BCUT2D eigenvalue weighted by atomic mass is 10.2. The zero-order valence-electron chi connectivity index (χ0n) is 14.7. The van der Waals surface area contributed by atoms with E-state index in [2.05, 4.69) is 10.6 Å². The fourth-order valence-corrected chi connectivity index (χ4v) is 2.41. The van der Waals surface area contributed by atoms with Gasteiger partial charge in [-0.05, 0) is 38.1 Å². The van der Waals surface area contributed by atoms with Crippen molar-refractivity contribution in [3.05, 3.63) is 52.5 Å². The SMILES string of the molecule is CC(=O)Oc1ccccc1Nc1c(Cl)cccc1Cl.CC(O)NC(C)O. The third-order valence-corrected chi connectivity index (χ3v) is 3.48. The molecule has 0 amide bonds. The van der Waals surface area contributed by atoms with Gasteiger partial charge in [0.05, 0.1) is 21.4 Å². The van der Waals surface area contributed by atoms with Crippen molar-refractivity contribution in [3.8, 4) is 5.75 Å². The monoisotopic (exact) mass is 400 g/mol. The van der Waals surface area contributed by atoms with Gasteiger partial charge in [0, 0.05) is 6.92 Å². The molecule has 2 aromatic carbocycles. The molecule has 0 radical (unpaired) electrons. The van der Waals surface area contributed by atoms with Gasteiger partial charge in [-0.1, -0.05) is 41.4 Å². The highest BCUT2D eigenvalue weighted by Crippen LogP contribution is 2.35. The molecule has 2 rings (SSSR count). The molecule has 0 saturated heterocycles. The van der Waals surface area contributed by atoms with E-state index < -0.39 is 12.5 Å². The quantitative estimate of drug-likeness (QED) is 0.345. The predicted molar refractivity (Wildman–Crippen MR) is 104 cm³/mol. The highest BCUT2D eigenvalue weighted by atomic mass is 35.5. The van der Waals surface area contributed by atoms with E-state index in [1.807, 2.05) is 6.07 Å². The number of hydrogen-bond donors (Lipinski definition) is 4. The first kappa shape index (κ1) is 22.2. The van der Waals surface area contributed by atoms with Gasteiger partial charge in [-0.2, -0.15) is 0 Å². The number of carbonyl (C=O) groups is 1. The minimum atomic E-state index is -0.625. The largest absolute Gasteiger partial charge is 0.424 e. The van der Waals surface area contributed by atoms with E-state index in [1.54, 1.807) is 50.2 Å². The van der Waals surface area contributed by atoms with E-state index in [0.29, 0.717) is 27.2 Å². The molecule has 2 aromatic rings. The molecule has 0 aliphatic carbocycles. The van der Waals surface area contributed by atoms with Crippen LogP contribution < -0.4 is 15.4 Å². The van der Waals surface area contributed by atoms with Crippen LogP contribution in [0.2, 0.25) is 10.0 Å². The molecule has 0 heterocycles. The Bertz CT molecular complexity index is 698. The number of ether oxygens (including phenoxy) is 1. The zero-order valence-corrected chi connectivity index (χ0v) is 16.2. The molecule has 0 aromatic heterocycles. The lowest BCUT2D eigenvalue weighted by molar-refractivity contribution is -0.131. The van der Waals surface area contributed by atoms with E-state index in [1.165, 1.54) is 6.92 Å². The summed E-state index contributed by atoms with van der Waals surface area (Å²) < 4.78 is 5.11. The molecular weight excluding hydrogens is 379 g/mol. The summed E-state index contributed by atoms with van der Waals surface area (Å²) in [7, 11) is 0. The molecule has 2 unspecified atom stereocenters. The van der Waals surface area contributed by atoms with Crippen molar-refractivity contribution in [1.82, 2.24) is 5.32 Å². The van der Waals surface area contributed by atoms with Crippen molar-refractivity contribution in [2.45, 2.75) is 33.2 Å². The number of carbonyl (C=O) groups excluding carboxylic acids is 1. The third-order valence-electron chi connectivity index (χ3n) is 2.85. The number of esters is 1. The summed E-state index contributed by atoms with van der Waals surface area (Å²) in [4.78, 5) is 11.0. The Morgan fingerprint density at radius 3 is 2.00 bits per heavy atom. The first-order chi connectivity index (χ1) is 12.2. The van der Waals surface area contributed by atoms with Crippen LogP contribution in [0.1, 0.15) is 20.8 Å². The highest BCUT2D eigenvalue weighted by molar-refractivity contribution is 6.39. The first-order valence-electron chi connectivity index (χ1n) is 7.81. The Hall–Kier alpha value is -1.83. The summed E-state index contributed by atoms with van der Waals surface area (Å²) in [5, 5.41) is 23.4. The number of aliphatic hydroxyl groups is 2. The average Bonchev–Trinajstić information content (AvgIpc) is 2.51. The van der Waals surface area contributed by atoms with Crippen LogP contribution in [0.4, 0.5) is 11.4 Å². The summed E-state index contributed by atoms with van der Waals surface area (Å²) in [5.74, 6) is 0.0329. The Labute approximate surface area is 162 Å². The molecule has 4 N–H and O–H groups in total. The molecule has 2 atom stereocenters. The summed E-state index contributed by atoms with van der Waals surface area (Å²) in [6.45, 7) is 4.44. The molecule has 142 valence electrons. The van der Waals surface area contributed by atoms with Crippen LogP contribution in [0.3, 0.4) is 0 Å². The van der Waals surface area contributed by atoms with Crippen molar-refractivity contribution in [2.75, 3.05) is 5.32 Å². The summed E-state index contributed by atoms with van der Waals surface area (Å²) in [6, 6.07) is 12.3. The van der Waals surface area contributed by atoms with Crippen molar-refractivity contribution in [1.29, 1.82) is 0 Å². The summed E-state index contributed by atoms with van der Waals surface area (Å²) in [5.41, 5.74) is 1.19.